The minimum atomic E-state index is -8.07. The van der Waals surface area contributed by atoms with Crippen LogP contribution in [-0.4, -0.2) is 60.1 Å². The van der Waals surface area contributed by atoms with Crippen LogP contribution in [0.3, 0.4) is 0 Å². The molecule has 186 valence electrons. The van der Waals surface area contributed by atoms with Crippen molar-refractivity contribution in [2.45, 2.75) is 66.3 Å². The highest BCUT2D eigenvalue weighted by Crippen LogP contribution is 2.66. The van der Waals surface area contributed by atoms with Crippen LogP contribution in [-0.2, 0) is 4.74 Å². The molecule has 0 aromatic carbocycles. The van der Waals surface area contributed by atoms with Crippen LogP contribution in [0.1, 0.15) is 12.8 Å². The number of hydrogen-bond donors (Lipinski definition) is 0. The molecule has 0 aromatic heterocycles. The Hall–Kier alpha value is -1.30. The van der Waals surface area contributed by atoms with Crippen LogP contribution in [0, 0.1) is 0 Å². The molecular formula is C12H6F18O. The van der Waals surface area contributed by atoms with E-state index in [4.69, 9.17) is 0 Å². The molecule has 1 rings (SSSR count). The highest BCUT2D eigenvalue weighted by atomic mass is 19.4. The molecule has 0 atom stereocenters. The van der Waals surface area contributed by atoms with Gasteiger partial charge in [0.15, 0.2) is 0 Å². The fourth-order valence-corrected chi connectivity index (χ4v) is 2.59. The minimum absolute atomic E-state index is 1.52. The van der Waals surface area contributed by atoms with Gasteiger partial charge in [-0.15, -0.1) is 0 Å². The molecule has 0 unspecified atom stereocenters. The molecule has 0 radical (unpaired) electrons. The van der Waals surface area contributed by atoms with E-state index < -0.39 is 72.9 Å². The molecule has 1 aliphatic heterocycles. The molecule has 1 saturated heterocycles. The Balaban J connectivity index is 3.86. The average Bonchev–Trinajstić information content (AvgIpc) is 3.03. The standard InChI is InChI=1S/C12H6F18O/c13-5(14,7(17,18)9(21,22)11(25,26)27)4(2-1-3-31-4)6(15,16)8(19,20)10(23,24)12(28,29)30/h1-3H2. The largest absolute Gasteiger partial charge is 0.460 e. The van der Waals surface area contributed by atoms with E-state index in [-0.39, 0.29) is 0 Å². The van der Waals surface area contributed by atoms with E-state index in [1.165, 1.54) is 0 Å². The normalized spacial score (nSPS) is 20.3. The topological polar surface area (TPSA) is 9.23 Å². The van der Waals surface area contributed by atoms with Gasteiger partial charge < -0.3 is 4.74 Å². The van der Waals surface area contributed by atoms with Crippen LogP contribution in [0.25, 0.3) is 0 Å². The van der Waals surface area contributed by atoms with Gasteiger partial charge in [-0.2, -0.15) is 79.0 Å². The Bertz CT molecular complexity index is 612. The van der Waals surface area contributed by atoms with Crippen molar-refractivity contribution in [1.82, 2.24) is 0 Å². The maximum atomic E-state index is 14.1. The monoisotopic (exact) mass is 508 g/mol. The van der Waals surface area contributed by atoms with Crippen LogP contribution in [0.2, 0.25) is 0 Å². The van der Waals surface area contributed by atoms with Crippen molar-refractivity contribution in [2.24, 2.45) is 0 Å². The van der Waals surface area contributed by atoms with Gasteiger partial charge in [0.25, 0.3) is 0 Å². The van der Waals surface area contributed by atoms with E-state index in [0.717, 1.165) is 0 Å². The summed E-state index contributed by atoms with van der Waals surface area (Å²) in [7, 11) is 0. The number of hydrogen-bond acceptors (Lipinski definition) is 1. The van der Waals surface area contributed by atoms with Crippen molar-refractivity contribution in [3.8, 4) is 0 Å². The third-order valence-electron chi connectivity index (χ3n) is 4.33. The van der Waals surface area contributed by atoms with Gasteiger partial charge in [0.2, 0.25) is 5.60 Å². The van der Waals surface area contributed by atoms with Crippen molar-refractivity contribution < 1.29 is 83.8 Å². The first-order valence-corrected chi connectivity index (χ1v) is 7.25. The maximum absolute atomic E-state index is 14.1. The van der Waals surface area contributed by atoms with Gasteiger partial charge in [-0.3, -0.25) is 0 Å². The second-order valence-electron chi connectivity index (χ2n) is 6.22. The van der Waals surface area contributed by atoms with Gasteiger partial charge in [-0.05, 0) is 12.8 Å². The van der Waals surface area contributed by atoms with Crippen molar-refractivity contribution in [2.75, 3.05) is 6.61 Å². The van der Waals surface area contributed by atoms with Crippen molar-refractivity contribution in [1.29, 1.82) is 0 Å². The predicted molar refractivity (Wildman–Crippen MR) is 59.7 cm³/mol. The van der Waals surface area contributed by atoms with E-state index in [1.807, 2.05) is 0 Å². The molecule has 0 saturated carbocycles. The number of alkyl halides is 18. The summed E-state index contributed by atoms with van der Waals surface area (Å²) >= 11 is 0. The first-order valence-electron chi connectivity index (χ1n) is 7.25. The summed E-state index contributed by atoms with van der Waals surface area (Å²) in [5, 5.41) is 0. The van der Waals surface area contributed by atoms with Crippen LogP contribution < -0.4 is 0 Å². The van der Waals surface area contributed by atoms with Gasteiger partial charge in [0.05, 0.1) is 0 Å². The Morgan fingerprint density at radius 2 is 0.742 bits per heavy atom. The third kappa shape index (κ3) is 3.22. The maximum Gasteiger partial charge on any atom is 0.460 e. The minimum Gasteiger partial charge on any atom is -0.362 e. The van der Waals surface area contributed by atoms with Gasteiger partial charge in [0.1, 0.15) is 0 Å². The second-order valence-corrected chi connectivity index (χ2v) is 6.22. The Labute approximate surface area is 158 Å². The molecule has 0 bridgehead atoms. The lowest BCUT2D eigenvalue weighted by atomic mass is 9.76. The lowest BCUT2D eigenvalue weighted by Gasteiger charge is -2.48. The lowest BCUT2D eigenvalue weighted by molar-refractivity contribution is -0.464. The molecule has 1 aliphatic rings. The van der Waals surface area contributed by atoms with Gasteiger partial charge in [0, 0.05) is 6.61 Å². The Kier molecular flexibility index (Phi) is 6.13. The molecule has 1 heterocycles. The zero-order valence-electron chi connectivity index (χ0n) is 13.8. The van der Waals surface area contributed by atoms with Crippen LogP contribution in [0.4, 0.5) is 79.0 Å². The van der Waals surface area contributed by atoms with E-state index in [9.17, 15) is 79.0 Å². The van der Waals surface area contributed by atoms with Crippen LogP contribution in [0.5, 0.6) is 0 Å². The van der Waals surface area contributed by atoms with Crippen molar-refractivity contribution in [3.63, 3.8) is 0 Å². The van der Waals surface area contributed by atoms with Gasteiger partial charge >= 0.3 is 47.9 Å². The van der Waals surface area contributed by atoms with Crippen LogP contribution in [0.15, 0.2) is 0 Å². The van der Waals surface area contributed by atoms with E-state index in [2.05, 4.69) is 4.74 Å². The molecule has 1 nitrogen and oxygen atoms in total. The van der Waals surface area contributed by atoms with Crippen molar-refractivity contribution in [3.05, 3.63) is 0 Å². The molecule has 0 aliphatic carbocycles. The summed E-state index contributed by atoms with van der Waals surface area (Å²) in [4.78, 5) is 0. The summed E-state index contributed by atoms with van der Waals surface area (Å²) in [5.74, 6) is -47.6. The van der Waals surface area contributed by atoms with Gasteiger partial charge in [-0.25, -0.2) is 0 Å². The Morgan fingerprint density at radius 3 is 0.935 bits per heavy atom. The van der Waals surface area contributed by atoms with E-state index in [1.54, 1.807) is 0 Å². The molecule has 19 heteroatoms. The fourth-order valence-electron chi connectivity index (χ4n) is 2.59. The molecule has 0 spiro atoms. The highest BCUT2D eigenvalue weighted by Gasteiger charge is 2.95. The zero-order valence-corrected chi connectivity index (χ0v) is 13.8. The summed E-state index contributed by atoms with van der Waals surface area (Å²) in [6.07, 6.45) is -19.5. The van der Waals surface area contributed by atoms with Crippen LogP contribution >= 0.6 is 0 Å². The zero-order chi connectivity index (χ0) is 25.3. The quantitative estimate of drug-likeness (QED) is 0.374. The smallest absolute Gasteiger partial charge is 0.362 e. The number of rotatable bonds is 6. The number of halogens is 18. The molecule has 0 amide bonds. The SMILES string of the molecule is FC(F)(F)C(F)(F)C(F)(F)C(F)(F)C1(C(F)(F)C(F)(F)C(F)(F)C(F)(F)F)CCCO1. The number of ether oxygens (including phenoxy) is 1. The molecular weight excluding hydrogens is 502 g/mol. The second kappa shape index (κ2) is 6.85. The first kappa shape index (κ1) is 27.7. The summed E-state index contributed by atoms with van der Waals surface area (Å²) < 4.78 is 238. The summed E-state index contributed by atoms with van der Waals surface area (Å²) in [6, 6.07) is 0. The Morgan fingerprint density at radius 1 is 0.452 bits per heavy atom. The van der Waals surface area contributed by atoms with Gasteiger partial charge in [-0.1, -0.05) is 0 Å². The average molecular weight is 508 g/mol. The predicted octanol–water partition coefficient (Wildman–Crippen LogP) is 6.47. The molecule has 0 aromatic rings. The van der Waals surface area contributed by atoms with E-state index >= 15 is 0 Å². The molecule has 31 heavy (non-hydrogen) atoms. The fraction of sp³-hybridized carbons (Fsp3) is 1.00. The molecule has 1 fully saturated rings. The highest BCUT2D eigenvalue weighted by molar-refractivity contribution is 5.21. The third-order valence-corrected chi connectivity index (χ3v) is 4.33. The summed E-state index contributed by atoms with van der Waals surface area (Å²) in [6.45, 7) is -1.80. The summed E-state index contributed by atoms with van der Waals surface area (Å²) in [5.41, 5.74) is -6.32. The van der Waals surface area contributed by atoms with Crippen molar-refractivity contribution >= 4 is 0 Å². The molecule has 0 N–H and O–H groups in total. The first-order chi connectivity index (χ1) is 13.2. The van der Waals surface area contributed by atoms with E-state index in [0.29, 0.717) is 0 Å². The lowest BCUT2D eigenvalue weighted by Crippen LogP contribution is -2.78.